The van der Waals surface area contributed by atoms with Crippen LogP contribution in [0.1, 0.15) is 27.2 Å². The Bertz CT molecular complexity index is 606. The molecular formula is C16H19FN2O2. The van der Waals surface area contributed by atoms with Gasteiger partial charge in [-0.2, -0.15) is 0 Å². The lowest BCUT2D eigenvalue weighted by molar-refractivity contribution is -0.135. The van der Waals surface area contributed by atoms with Crippen LogP contribution >= 0.6 is 0 Å². The molecule has 1 saturated heterocycles. The minimum atomic E-state index is -0.901. The molecule has 112 valence electrons. The van der Waals surface area contributed by atoms with Crippen LogP contribution in [0.2, 0.25) is 0 Å². The van der Waals surface area contributed by atoms with Gasteiger partial charge in [0.05, 0.1) is 0 Å². The van der Waals surface area contributed by atoms with Crippen molar-refractivity contribution in [3.63, 3.8) is 0 Å². The first-order chi connectivity index (χ1) is 9.74. The van der Waals surface area contributed by atoms with Crippen LogP contribution in [0.5, 0.6) is 0 Å². The first-order valence-electron chi connectivity index (χ1n) is 7.14. The molecule has 0 radical (unpaired) electrons. The summed E-state index contributed by atoms with van der Waals surface area (Å²) in [5.41, 5.74) is -0.610. The molecule has 1 N–H and O–H groups in total. The fourth-order valence-electron chi connectivity index (χ4n) is 3.03. The number of anilines is 1. The molecule has 2 fully saturated rings. The molecule has 2 aliphatic rings. The van der Waals surface area contributed by atoms with Crippen LogP contribution in [0.3, 0.4) is 0 Å². The molecule has 1 heterocycles. The second kappa shape index (κ2) is 4.29. The number of nitrogens with zero attached hydrogens (tertiary/aromatic N) is 1. The standard InChI is InChI=1S/C16H19FN2O2/c1-15(2,3)18-13(20)16-8-10(16)9-19(14(16)21)12-6-4-11(17)5-7-12/h4-7,10H,8-9H2,1-3H3,(H,18,20). The van der Waals surface area contributed by atoms with Gasteiger partial charge in [-0.25, -0.2) is 4.39 Å². The molecule has 1 aliphatic heterocycles. The van der Waals surface area contributed by atoms with Gasteiger partial charge < -0.3 is 10.2 Å². The molecule has 0 aromatic heterocycles. The summed E-state index contributed by atoms with van der Waals surface area (Å²) in [7, 11) is 0. The van der Waals surface area contributed by atoms with E-state index < -0.39 is 5.41 Å². The molecule has 2 amide bonds. The second-order valence-electron chi connectivity index (χ2n) is 6.97. The summed E-state index contributed by atoms with van der Waals surface area (Å²) in [4.78, 5) is 26.7. The van der Waals surface area contributed by atoms with Crippen LogP contribution in [0.15, 0.2) is 24.3 Å². The Morgan fingerprint density at radius 3 is 2.52 bits per heavy atom. The zero-order valence-corrected chi connectivity index (χ0v) is 12.4. The number of benzene rings is 1. The predicted octanol–water partition coefficient (Wildman–Crippen LogP) is 2.09. The van der Waals surface area contributed by atoms with Crippen LogP contribution in [0.4, 0.5) is 10.1 Å². The summed E-state index contributed by atoms with van der Waals surface area (Å²) < 4.78 is 13.0. The third-order valence-electron chi connectivity index (χ3n) is 4.17. The van der Waals surface area contributed by atoms with E-state index in [0.717, 1.165) is 0 Å². The number of amides is 2. The maximum absolute atomic E-state index is 13.0. The minimum Gasteiger partial charge on any atom is -0.351 e. The van der Waals surface area contributed by atoms with E-state index in [2.05, 4.69) is 5.32 Å². The van der Waals surface area contributed by atoms with Gasteiger partial charge >= 0.3 is 0 Å². The van der Waals surface area contributed by atoms with Gasteiger partial charge in [0, 0.05) is 23.7 Å². The van der Waals surface area contributed by atoms with Gasteiger partial charge in [0.2, 0.25) is 11.8 Å². The van der Waals surface area contributed by atoms with Crippen LogP contribution in [-0.2, 0) is 9.59 Å². The third-order valence-corrected chi connectivity index (χ3v) is 4.17. The Morgan fingerprint density at radius 1 is 1.33 bits per heavy atom. The lowest BCUT2D eigenvalue weighted by atomic mass is 10.0. The van der Waals surface area contributed by atoms with Gasteiger partial charge in [-0.15, -0.1) is 0 Å². The van der Waals surface area contributed by atoms with Gasteiger partial charge in [0.25, 0.3) is 0 Å². The van der Waals surface area contributed by atoms with Crippen LogP contribution in [-0.4, -0.2) is 23.9 Å². The number of fused-ring (bicyclic) bond motifs is 1. The van der Waals surface area contributed by atoms with Crippen molar-refractivity contribution < 1.29 is 14.0 Å². The molecule has 1 aromatic rings. The fourth-order valence-corrected chi connectivity index (χ4v) is 3.03. The monoisotopic (exact) mass is 290 g/mol. The molecule has 0 bridgehead atoms. The summed E-state index contributed by atoms with van der Waals surface area (Å²) in [6, 6.07) is 5.81. The van der Waals surface area contributed by atoms with E-state index in [-0.39, 0.29) is 29.1 Å². The van der Waals surface area contributed by atoms with Crippen molar-refractivity contribution in [1.29, 1.82) is 0 Å². The molecule has 0 spiro atoms. The van der Waals surface area contributed by atoms with E-state index in [4.69, 9.17) is 0 Å². The normalized spacial score (nSPS) is 27.5. The molecular weight excluding hydrogens is 271 g/mol. The summed E-state index contributed by atoms with van der Waals surface area (Å²) in [5.74, 6) is -0.622. The Morgan fingerprint density at radius 2 is 1.95 bits per heavy atom. The van der Waals surface area contributed by atoms with Gasteiger partial charge in [-0.05, 0) is 51.5 Å². The van der Waals surface area contributed by atoms with Gasteiger partial charge in [0.1, 0.15) is 11.2 Å². The zero-order valence-electron chi connectivity index (χ0n) is 12.4. The summed E-state index contributed by atoms with van der Waals surface area (Å²) in [6.45, 7) is 6.23. The fraction of sp³-hybridized carbons (Fsp3) is 0.500. The van der Waals surface area contributed by atoms with Crippen molar-refractivity contribution in [1.82, 2.24) is 5.32 Å². The van der Waals surface area contributed by atoms with E-state index in [1.165, 1.54) is 12.1 Å². The lowest BCUT2D eigenvalue weighted by Gasteiger charge is -2.25. The quantitative estimate of drug-likeness (QED) is 0.848. The Kier molecular flexibility index (Phi) is 2.87. The maximum Gasteiger partial charge on any atom is 0.243 e. The van der Waals surface area contributed by atoms with Crippen molar-refractivity contribution in [3.8, 4) is 0 Å². The summed E-state index contributed by atoms with van der Waals surface area (Å²) in [6.07, 6.45) is 0.617. The van der Waals surface area contributed by atoms with Gasteiger partial charge in [0.15, 0.2) is 0 Å². The molecule has 2 atom stereocenters. The Hall–Kier alpha value is -1.91. The number of hydrogen-bond acceptors (Lipinski definition) is 2. The molecule has 3 rings (SSSR count). The highest BCUT2D eigenvalue weighted by Crippen LogP contribution is 2.59. The molecule has 1 aliphatic carbocycles. The average molecular weight is 290 g/mol. The number of piperidine rings is 1. The second-order valence-corrected chi connectivity index (χ2v) is 6.97. The van der Waals surface area contributed by atoms with Crippen molar-refractivity contribution in [3.05, 3.63) is 30.1 Å². The maximum atomic E-state index is 13.0. The highest BCUT2D eigenvalue weighted by molar-refractivity contribution is 6.17. The largest absolute Gasteiger partial charge is 0.351 e. The Balaban J connectivity index is 1.81. The van der Waals surface area contributed by atoms with E-state index in [1.807, 2.05) is 20.8 Å². The van der Waals surface area contributed by atoms with E-state index >= 15 is 0 Å². The highest BCUT2D eigenvalue weighted by Gasteiger charge is 2.71. The first kappa shape index (κ1) is 14.0. The summed E-state index contributed by atoms with van der Waals surface area (Å²) >= 11 is 0. The van der Waals surface area contributed by atoms with Gasteiger partial charge in [-0.1, -0.05) is 0 Å². The number of rotatable bonds is 2. The van der Waals surface area contributed by atoms with Crippen molar-refractivity contribution in [2.75, 3.05) is 11.4 Å². The number of hydrogen-bond donors (Lipinski definition) is 1. The molecule has 1 saturated carbocycles. The van der Waals surface area contributed by atoms with Crippen LogP contribution in [0, 0.1) is 17.2 Å². The first-order valence-corrected chi connectivity index (χ1v) is 7.14. The minimum absolute atomic E-state index is 0.0670. The van der Waals surface area contributed by atoms with E-state index in [9.17, 15) is 14.0 Å². The Labute approximate surface area is 123 Å². The van der Waals surface area contributed by atoms with Crippen molar-refractivity contribution in [2.45, 2.75) is 32.7 Å². The molecule has 5 heteroatoms. The number of carbonyl (C=O) groups excluding carboxylic acids is 2. The van der Waals surface area contributed by atoms with Gasteiger partial charge in [-0.3, -0.25) is 9.59 Å². The van der Waals surface area contributed by atoms with Crippen molar-refractivity contribution >= 4 is 17.5 Å². The lowest BCUT2D eigenvalue weighted by Crippen LogP contribution is -2.48. The third kappa shape index (κ3) is 2.20. The van der Waals surface area contributed by atoms with E-state index in [0.29, 0.717) is 18.7 Å². The van der Waals surface area contributed by atoms with Crippen LogP contribution in [0.25, 0.3) is 0 Å². The number of halogens is 1. The van der Waals surface area contributed by atoms with Crippen molar-refractivity contribution in [2.24, 2.45) is 11.3 Å². The molecule has 21 heavy (non-hydrogen) atoms. The number of nitrogens with one attached hydrogen (secondary N) is 1. The molecule has 1 aromatic carbocycles. The smallest absolute Gasteiger partial charge is 0.243 e. The topological polar surface area (TPSA) is 49.4 Å². The molecule has 2 unspecified atom stereocenters. The van der Waals surface area contributed by atoms with E-state index in [1.54, 1.807) is 17.0 Å². The van der Waals surface area contributed by atoms with Crippen LogP contribution < -0.4 is 10.2 Å². The SMILES string of the molecule is CC(C)(C)NC(=O)C12CC1CN(c1ccc(F)cc1)C2=O. The number of carbonyl (C=O) groups is 2. The zero-order chi connectivity index (χ0) is 15.4. The average Bonchev–Trinajstić information content (AvgIpc) is 3.03. The predicted molar refractivity (Wildman–Crippen MR) is 77.2 cm³/mol. The highest BCUT2D eigenvalue weighted by atomic mass is 19.1. The summed E-state index contributed by atoms with van der Waals surface area (Å²) in [5, 5.41) is 2.91. The molecule has 4 nitrogen and oxygen atoms in total.